The molecule has 120 valence electrons. The predicted octanol–water partition coefficient (Wildman–Crippen LogP) is 2.98. The fourth-order valence-corrected chi connectivity index (χ4v) is 2.31. The quantitative estimate of drug-likeness (QED) is 0.834. The fourth-order valence-electron chi connectivity index (χ4n) is 2.31. The third kappa shape index (κ3) is 4.98. The Kier molecular flexibility index (Phi) is 5.57. The lowest BCUT2D eigenvalue weighted by Gasteiger charge is -2.07. The highest BCUT2D eigenvalue weighted by Crippen LogP contribution is 2.08. The first-order chi connectivity index (χ1) is 11.0. The zero-order valence-corrected chi connectivity index (χ0v) is 13.2. The topological polar surface area (TPSA) is 59.1 Å². The summed E-state index contributed by atoms with van der Waals surface area (Å²) in [5, 5.41) is 2.78. The van der Waals surface area contributed by atoms with Crippen molar-refractivity contribution in [2.75, 3.05) is 0 Å². The molecule has 2 rings (SSSR count). The molecule has 0 aliphatic carbocycles. The average molecular weight is 314 g/mol. The molecule has 23 heavy (non-hydrogen) atoms. The van der Waals surface area contributed by atoms with Gasteiger partial charge in [-0.15, -0.1) is 0 Å². The van der Waals surface area contributed by atoms with Gasteiger partial charge in [0, 0.05) is 17.7 Å². The van der Waals surface area contributed by atoms with E-state index in [4.69, 9.17) is 0 Å². The number of nitrogens with one attached hydrogen (secondary N) is 1. The van der Waals surface area contributed by atoms with E-state index >= 15 is 0 Å². The molecule has 1 aromatic carbocycles. The number of hydrogen-bond donors (Lipinski definition) is 1. The van der Waals surface area contributed by atoms with Gasteiger partial charge in [-0.05, 0) is 50.1 Å². The number of ketones is 1. The molecule has 0 bridgehead atoms. The lowest BCUT2D eigenvalue weighted by Crippen LogP contribution is -2.23. The number of rotatable bonds is 6. The van der Waals surface area contributed by atoms with Gasteiger partial charge in [0.15, 0.2) is 5.78 Å². The molecule has 0 radical (unpaired) electrons. The molecule has 0 atom stereocenters. The Bertz CT molecular complexity index is 729. The average Bonchev–Trinajstić information content (AvgIpc) is 2.50. The number of benzene rings is 1. The number of amides is 1. The molecule has 0 unspecified atom stereocenters. The number of carbonyl (C=O) groups excluding carboxylic acids is 2. The molecular formula is C18H19FN2O2. The molecular weight excluding hydrogens is 295 g/mol. The maximum Gasteiger partial charge on any atom is 0.220 e. The summed E-state index contributed by atoms with van der Waals surface area (Å²) in [6.07, 6.45) is 0.771. The van der Waals surface area contributed by atoms with Gasteiger partial charge in [-0.25, -0.2) is 4.39 Å². The third-order valence-corrected chi connectivity index (χ3v) is 3.52. The highest BCUT2D eigenvalue weighted by atomic mass is 19.1. The van der Waals surface area contributed by atoms with Gasteiger partial charge in [0.1, 0.15) is 5.82 Å². The van der Waals surface area contributed by atoms with Crippen LogP contribution < -0.4 is 5.32 Å². The molecule has 0 aliphatic heterocycles. The Morgan fingerprint density at radius 1 is 1.22 bits per heavy atom. The van der Waals surface area contributed by atoms with Gasteiger partial charge in [-0.2, -0.15) is 0 Å². The number of pyridine rings is 1. The Morgan fingerprint density at radius 3 is 2.65 bits per heavy atom. The van der Waals surface area contributed by atoms with E-state index in [-0.39, 0.29) is 23.9 Å². The fraction of sp³-hybridized carbons (Fsp3) is 0.278. The van der Waals surface area contributed by atoms with Crippen LogP contribution in [0.1, 0.15) is 40.7 Å². The van der Waals surface area contributed by atoms with Crippen molar-refractivity contribution in [1.82, 2.24) is 10.3 Å². The first-order valence-electron chi connectivity index (χ1n) is 7.44. The second-order valence-corrected chi connectivity index (χ2v) is 5.40. The lowest BCUT2D eigenvalue weighted by molar-refractivity contribution is -0.121. The molecule has 1 N–H and O–H groups in total. The van der Waals surface area contributed by atoms with E-state index in [0.29, 0.717) is 29.9 Å². The highest BCUT2D eigenvalue weighted by Gasteiger charge is 2.07. The summed E-state index contributed by atoms with van der Waals surface area (Å²) in [4.78, 5) is 27.5. The molecule has 0 saturated heterocycles. The van der Waals surface area contributed by atoms with Crippen LogP contribution in [0.4, 0.5) is 4.39 Å². The number of aryl methyl sites for hydroxylation is 2. The first kappa shape index (κ1) is 16.8. The van der Waals surface area contributed by atoms with Gasteiger partial charge < -0.3 is 5.32 Å². The summed E-state index contributed by atoms with van der Waals surface area (Å²) in [6, 6.07) is 9.68. The Hall–Kier alpha value is -2.56. The molecule has 2 aromatic rings. The molecule has 0 saturated carbocycles. The van der Waals surface area contributed by atoms with Crippen LogP contribution in [0.5, 0.6) is 0 Å². The summed E-state index contributed by atoms with van der Waals surface area (Å²) in [5.74, 6) is -0.446. The number of aromatic nitrogens is 1. The zero-order chi connectivity index (χ0) is 16.8. The first-order valence-corrected chi connectivity index (χ1v) is 7.44. The Morgan fingerprint density at radius 2 is 2.00 bits per heavy atom. The molecule has 0 fully saturated rings. The minimum atomic E-state index is -0.298. The zero-order valence-electron chi connectivity index (χ0n) is 13.2. The van der Waals surface area contributed by atoms with Crippen molar-refractivity contribution in [3.05, 3.63) is 64.7 Å². The maximum absolute atomic E-state index is 13.1. The van der Waals surface area contributed by atoms with Gasteiger partial charge in [0.25, 0.3) is 0 Å². The minimum Gasteiger partial charge on any atom is -0.350 e. The normalized spacial score (nSPS) is 10.4. The molecule has 0 aliphatic rings. The van der Waals surface area contributed by atoms with Crippen molar-refractivity contribution in [2.45, 2.75) is 33.2 Å². The van der Waals surface area contributed by atoms with Crippen molar-refractivity contribution in [3.8, 4) is 0 Å². The number of carbonyl (C=O) groups is 2. The third-order valence-electron chi connectivity index (χ3n) is 3.52. The van der Waals surface area contributed by atoms with Crippen LogP contribution in [0.2, 0.25) is 0 Å². The van der Waals surface area contributed by atoms with Crippen molar-refractivity contribution in [1.29, 1.82) is 0 Å². The summed E-state index contributed by atoms with van der Waals surface area (Å²) in [7, 11) is 0. The van der Waals surface area contributed by atoms with Crippen LogP contribution >= 0.6 is 0 Å². The molecule has 1 amide bonds. The van der Waals surface area contributed by atoms with E-state index < -0.39 is 0 Å². The van der Waals surface area contributed by atoms with E-state index in [0.717, 1.165) is 5.56 Å². The number of halogens is 1. The van der Waals surface area contributed by atoms with Crippen molar-refractivity contribution in [2.24, 2.45) is 0 Å². The highest BCUT2D eigenvalue weighted by molar-refractivity contribution is 5.95. The van der Waals surface area contributed by atoms with Crippen molar-refractivity contribution >= 4 is 11.7 Å². The Labute approximate surface area is 134 Å². The predicted molar refractivity (Wildman–Crippen MR) is 85.5 cm³/mol. The number of Topliss-reactive ketones (excluding diaryl/α,β-unsaturated/α-hetero) is 1. The van der Waals surface area contributed by atoms with Crippen LogP contribution in [0, 0.1) is 12.7 Å². The number of nitrogens with zero attached hydrogens (tertiary/aromatic N) is 1. The summed E-state index contributed by atoms with van der Waals surface area (Å²) in [5.41, 5.74) is 2.74. The minimum absolute atomic E-state index is 0.0271. The van der Waals surface area contributed by atoms with E-state index in [1.54, 1.807) is 31.2 Å². The summed E-state index contributed by atoms with van der Waals surface area (Å²) >= 11 is 0. The van der Waals surface area contributed by atoms with Crippen LogP contribution in [-0.4, -0.2) is 16.7 Å². The van der Waals surface area contributed by atoms with Crippen LogP contribution in [0.15, 0.2) is 36.4 Å². The summed E-state index contributed by atoms with van der Waals surface area (Å²) in [6.45, 7) is 3.57. The monoisotopic (exact) mass is 314 g/mol. The van der Waals surface area contributed by atoms with E-state index in [1.807, 2.05) is 0 Å². The molecule has 5 heteroatoms. The maximum atomic E-state index is 13.1. The largest absolute Gasteiger partial charge is 0.350 e. The molecule has 1 heterocycles. The standard InChI is InChI=1S/C18H19FN2O2/c1-12-17(13(2)22)8-7-16(21-12)11-20-18(23)9-6-14-4-3-5-15(19)10-14/h3-5,7-8,10H,6,9,11H2,1-2H3,(H,20,23). The van der Waals surface area contributed by atoms with E-state index in [9.17, 15) is 14.0 Å². The van der Waals surface area contributed by atoms with Crippen molar-refractivity contribution < 1.29 is 14.0 Å². The number of hydrogen-bond acceptors (Lipinski definition) is 3. The van der Waals surface area contributed by atoms with Crippen LogP contribution in [-0.2, 0) is 17.8 Å². The lowest BCUT2D eigenvalue weighted by atomic mass is 10.1. The molecule has 1 aromatic heterocycles. The second-order valence-electron chi connectivity index (χ2n) is 5.40. The van der Waals surface area contributed by atoms with Gasteiger partial charge >= 0.3 is 0 Å². The van der Waals surface area contributed by atoms with Gasteiger partial charge in [-0.1, -0.05) is 12.1 Å². The van der Waals surface area contributed by atoms with Crippen molar-refractivity contribution in [3.63, 3.8) is 0 Å². The van der Waals surface area contributed by atoms with Crippen LogP contribution in [0.3, 0.4) is 0 Å². The summed E-state index contributed by atoms with van der Waals surface area (Å²) < 4.78 is 13.1. The Balaban J connectivity index is 1.84. The second kappa shape index (κ2) is 7.63. The molecule has 4 nitrogen and oxygen atoms in total. The van der Waals surface area contributed by atoms with Gasteiger partial charge in [-0.3, -0.25) is 14.6 Å². The van der Waals surface area contributed by atoms with Crippen LogP contribution in [0.25, 0.3) is 0 Å². The van der Waals surface area contributed by atoms with Gasteiger partial charge in [0.2, 0.25) is 5.91 Å². The SMILES string of the molecule is CC(=O)c1ccc(CNC(=O)CCc2cccc(F)c2)nc1C. The van der Waals surface area contributed by atoms with E-state index in [1.165, 1.54) is 19.1 Å². The van der Waals surface area contributed by atoms with Gasteiger partial charge in [0.05, 0.1) is 12.2 Å². The molecule has 0 spiro atoms. The van der Waals surface area contributed by atoms with E-state index in [2.05, 4.69) is 10.3 Å². The smallest absolute Gasteiger partial charge is 0.220 e.